The van der Waals surface area contributed by atoms with E-state index >= 15 is 0 Å². The van der Waals surface area contributed by atoms with Gasteiger partial charge in [-0.3, -0.25) is 4.98 Å². The molecule has 0 aliphatic carbocycles. The standard InChI is InChI=1S/C16H18N6OS/c1-2-23-14-10-17-9-13(20-14)21-4-6-22(7-5-21)15-12-3-8-24-16(12)19-11-18-15/h3,8-11H,2,4-7H2,1H3. The second-order valence-electron chi connectivity index (χ2n) is 5.46. The molecule has 4 heterocycles. The summed E-state index contributed by atoms with van der Waals surface area (Å²) in [4.78, 5) is 23.2. The number of ether oxygens (including phenoxy) is 1. The van der Waals surface area contributed by atoms with Gasteiger partial charge in [-0.25, -0.2) is 9.97 Å². The molecule has 7 nitrogen and oxygen atoms in total. The zero-order valence-electron chi connectivity index (χ0n) is 13.4. The SMILES string of the molecule is CCOc1cncc(N2CCN(c3ncnc4sccc34)CC2)n1. The summed E-state index contributed by atoms with van der Waals surface area (Å²) in [6, 6.07) is 2.10. The number of fused-ring (bicyclic) bond motifs is 1. The first kappa shape index (κ1) is 15.1. The van der Waals surface area contributed by atoms with Crippen molar-refractivity contribution in [2.75, 3.05) is 42.6 Å². The van der Waals surface area contributed by atoms with E-state index in [-0.39, 0.29) is 0 Å². The third-order valence-corrected chi connectivity index (χ3v) is 4.86. The molecule has 0 bridgehead atoms. The van der Waals surface area contributed by atoms with Crippen molar-refractivity contribution < 1.29 is 4.74 Å². The zero-order valence-corrected chi connectivity index (χ0v) is 14.2. The van der Waals surface area contributed by atoms with Gasteiger partial charge in [-0.2, -0.15) is 4.98 Å². The molecule has 1 saturated heterocycles. The van der Waals surface area contributed by atoms with Crippen molar-refractivity contribution in [3.05, 3.63) is 30.2 Å². The van der Waals surface area contributed by atoms with Crippen LogP contribution in [0.1, 0.15) is 6.92 Å². The Hall–Kier alpha value is -2.48. The Kier molecular flexibility index (Phi) is 4.12. The minimum absolute atomic E-state index is 0.577. The number of rotatable bonds is 4. The number of thiophene rings is 1. The number of nitrogens with zero attached hydrogens (tertiary/aromatic N) is 6. The normalized spacial score (nSPS) is 15.0. The van der Waals surface area contributed by atoms with E-state index in [2.05, 4.69) is 41.2 Å². The number of aromatic nitrogens is 4. The second kappa shape index (κ2) is 6.56. The third kappa shape index (κ3) is 2.84. The Morgan fingerprint density at radius 2 is 1.96 bits per heavy atom. The zero-order chi connectivity index (χ0) is 16.4. The van der Waals surface area contributed by atoms with Crippen LogP contribution in [0.2, 0.25) is 0 Å². The van der Waals surface area contributed by atoms with Crippen molar-refractivity contribution in [1.82, 2.24) is 19.9 Å². The maximum absolute atomic E-state index is 5.44. The summed E-state index contributed by atoms with van der Waals surface area (Å²) in [5, 5.41) is 3.20. The fourth-order valence-corrected chi connectivity index (χ4v) is 3.61. The van der Waals surface area contributed by atoms with Crippen LogP contribution >= 0.6 is 11.3 Å². The lowest BCUT2D eigenvalue weighted by atomic mass is 10.2. The molecule has 3 aromatic rings. The Balaban J connectivity index is 1.49. The van der Waals surface area contributed by atoms with E-state index in [1.165, 1.54) is 0 Å². The van der Waals surface area contributed by atoms with Crippen LogP contribution in [0.4, 0.5) is 11.6 Å². The number of hydrogen-bond acceptors (Lipinski definition) is 8. The van der Waals surface area contributed by atoms with Crippen LogP contribution in [0.5, 0.6) is 5.88 Å². The lowest BCUT2D eigenvalue weighted by molar-refractivity contribution is 0.325. The average Bonchev–Trinajstić information content (AvgIpc) is 3.11. The molecule has 3 aromatic heterocycles. The van der Waals surface area contributed by atoms with Crippen LogP contribution in [0.25, 0.3) is 10.2 Å². The monoisotopic (exact) mass is 342 g/mol. The van der Waals surface area contributed by atoms with Gasteiger partial charge in [0.25, 0.3) is 0 Å². The average molecular weight is 342 g/mol. The van der Waals surface area contributed by atoms with Gasteiger partial charge in [-0.1, -0.05) is 0 Å². The van der Waals surface area contributed by atoms with Crippen LogP contribution in [-0.4, -0.2) is 52.7 Å². The molecule has 0 radical (unpaired) electrons. The van der Waals surface area contributed by atoms with Crippen molar-refractivity contribution in [3.63, 3.8) is 0 Å². The predicted molar refractivity (Wildman–Crippen MR) is 95.0 cm³/mol. The Labute approximate surface area is 144 Å². The summed E-state index contributed by atoms with van der Waals surface area (Å²) in [5.74, 6) is 2.47. The Bertz CT molecular complexity index is 830. The van der Waals surface area contributed by atoms with E-state index in [9.17, 15) is 0 Å². The molecule has 1 aliphatic heterocycles. The van der Waals surface area contributed by atoms with E-state index in [1.54, 1.807) is 30.1 Å². The highest BCUT2D eigenvalue weighted by molar-refractivity contribution is 7.16. The third-order valence-electron chi connectivity index (χ3n) is 4.04. The van der Waals surface area contributed by atoms with Crippen molar-refractivity contribution in [2.45, 2.75) is 6.92 Å². The molecule has 8 heteroatoms. The van der Waals surface area contributed by atoms with Crippen LogP contribution in [0, 0.1) is 0 Å². The Morgan fingerprint density at radius 1 is 1.12 bits per heavy atom. The van der Waals surface area contributed by atoms with E-state index in [0.717, 1.165) is 48.0 Å². The maximum Gasteiger partial charge on any atom is 0.234 e. The maximum atomic E-state index is 5.44. The molecule has 0 aromatic carbocycles. The van der Waals surface area contributed by atoms with Gasteiger partial charge in [0.2, 0.25) is 5.88 Å². The van der Waals surface area contributed by atoms with Gasteiger partial charge in [0, 0.05) is 26.2 Å². The minimum atomic E-state index is 0.577. The molecule has 4 rings (SSSR count). The summed E-state index contributed by atoms with van der Waals surface area (Å²) in [6.45, 7) is 6.07. The van der Waals surface area contributed by atoms with Gasteiger partial charge in [0.1, 0.15) is 17.0 Å². The number of anilines is 2. The van der Waals surface area contributed by atoms with Crippen molar-refractivity contribution in [3.8, 4) is 5.88 Å². The second-order valence-corrected chi connectivity index (χ2v) is 6.35. The lowest BCUT2D eigenvalue weighted by Gasteiger charge is -2.36. The minimum Gasteiger partial charge on any atom is -0.477 e. The van der Waals surface area contributed by atoms with Crippen LogP contribution in [-0.2, 0) is 0 Å². The van der Waals surface area contributed by atoms with Crippen LogP contribution in [0.15, 0.2) is 30.2 Å². The van der Waals surface area contributed by atoms with Gasteiger partial charge >= 0.3 is 0 Å². The topological polar surface area (TPSA) is 67.3 Å². The van der Waals surface area contributed by atoms with Gasteiger partial charge in [-0.05, 0) is 18.4 Å². The van der Waals surface area contributed by atoms with E-state index < -0.39 is 0 Å². The largest absolute Gasteiger partial charge is 0.477 e. The number of piperazine rings is 1. The molecule has 1 aliphatic rings. The van der Waals surface area contributed by atoms with Gasteiger partial charge in [0.15, 0.2) is 5.82 Å². The Morgan fingerprint density at radius 3 is 2.79 bits per heavy atom. The highest BCUT2D eigenvalue weighted by Crippen LogP contribution is 2.28. The molecule has 0 atom stereocenters. The summed E-state index contributed by atoms with van der Waals surface area (Å²) in [5.41, 5.74) is 0. The smallest absolute Gasteiger partial charge is 0.234 e. The predicted octanol–water partition coefficient (Wildman–Crippen LogP) is 2.21. The molecular weight excluding hydrogens is 324 g/mol. The van der Waals surface area contributed by atoms with E-state index in [4.69, 9.17) is 4.74 Å². The highest BCUT2D eigenvalue weighted by atomic mass is 32.1. The molecule has 0 N–H and O–H groups in total. The first-order valence-corrected chi connectivity index (χ1v) is 8.86. The quantitative estimate of drug-likeness (QED) is 0.720. The van der Waals surface area contributed by atoms with Crippen LogP contribution < -0.4 is 14.5 Å². The lowest BCUT2D eigenvalue weighted by Crippen LogP contribution is -2.47. The fraction of sp³-hybridized carbons (Fsp3) is 0.375. The molecular formula is C16H18N6OS. The summed E-state index contributed by atoms with van der Waals surface area (Å²) in [6.07, 6.45) is 5.09. The van der Waals surface area contributed by atoms with E-state index in [0.29, 0.717) is 12.5 Å². The van der Waals surface area contributed by atoms with Gasteiger partial charge < -0.3 is 14.5 Å². The summed E-state index contributed by atoms with van der Waals surface area (Å²) in [7, 11) is 0. The first-order valence-electron chi connectivity index (χ1n) is 7.98. The van der Waals surface area contributed by atoms with Gasteiger partial charge in [-0.15, -0.1) is 11.3 Å². The molecule has 0 unspecified atom stereocenters. The number of hydrogen-bond donors (Lipinski definition) is 0. The summed E-state index contributed by atoms with van der Waals surface area (Å²) >= 11 is 1.65. The van der Waals surface area contributed by atoms with Gasteiger partial charge in [0.05, 0.1) is 24.4 Å². The highest BCUT2D eigenvalue weighted by Gasteiger charge is 2.21. The molecule has 0 saturated carbocycles. The first-order chi connectivity index (χ1) is 11.8. The molecule has 124 valence electrons. The fourth-order valence-electron chi connectivity index (χ4n) is 2.88. The molecule has 0 amide bonds. The molecule has 24 heavy (non-hydrogen) atoms. The van der Waals surface area contributed by atoms with E-state index in [1.807, 2.05) is 6.92 Å². The summed E-state index contributed by atoms with van der Waals surface area (Å²) < 4.78 is 5.44. The van der Waals surface area contributed by atoms with Crippen molar-refractivity contribution in [2.24, 2.45) is 0 Å². The molecule has 0 spiro atoms. The van der Waals surface area contributed by atoms with Crippen molar-refractivity contribution >= 4 is 33.2 Å². The van der Waals surface area contributed by atoms with Crippen molar-refractivity contribution in [1.29, 1.82) is 0 Å². The molecule has 1 fully saturated rings. The van der Waals surface area contributed by atoms with Crippen LogP contribution in [0.3, 0.4) is 0 Å².